The van der Waals surface area contributed by atoms with E-state index < -0.39 is 17.2 Å². The minimum Gasteiger partial charge on any atom is -0.487 e. The van der Waals surface area contributed by atoms with Crippen molar-refractivity contribution in [2.75, 3.05) is 24.8 Å². The molecule has 43 heavy (non-hydrogen) atoms. The summed E-state index contributed by atoms with van der Waals surface area (Å²) >= 11 is 0. The Morgan fingerprint density at radius 1 is 0.930 bits per heavy atom. The van der Waals surface area contributed by atoms with Crippen LogP contribution in [0.5, 0.6) is 5.75 Å². The third kappa shape index (κ3) is 4.11. The quantitative estimate of drug-likeness (QED) is 0.248. The molecule has 0 bridgehead atoms. The lowest BCUT2D eigenvalue weighted by molar-refractivity contribution is 0.0667. The van der Waals surface area contributed by atoms with Gasteiger partial charge in [-0.05, 0) is 59.2 Å². The van der Waals surface area contributed by atoms with Crippen LogP contribution in [0, 0.1) is 11.6 Å². The van der Waals surface area contributed by atoms with E-state index in [1.807, 2.05) is 66.5 Å². The van der Waals surface area contributed by atoms with Gasteiger partial charge in [0.25, 0.3) is 5.91 Å². The Bertz CT molecular complexity index is 1830. The molecule has 8 heteroatoms. The zero-order valence-corrected chi connectivity index (χ0v) is 23.9. The Hall–Kier alpha value is -4.72. The van der Waals surface area contributed by atoms with Crippen molar-refractivity contribution in [3.63, 3.8) is 0 Å². The maximum Gasteiger partial charge on any atom is 0.277 e. The van der Waals surface area contributed by atoms with Gasteiger partial charge >= 0.3 is 0 Å². The molecule has 1 aromatic heterocycles. The van der Waals surface area contributed by atoms with Gasteiger partial charge < -0.3 is 9.64 Å². The van der Waals surface area contributed by atoms with Gasteiger partial charge in [0, 0.05) is 24.4 Å². The van der Waals surface area contributed by atoms with Crippen LogP contribution in [0.4, 0.5) is 8.78 Å². The lowest BCUT2D eigenvalue weighted by atomic mass is 9.83. The van der Waals surface area contributed by atoms with E-state index in [0.29, 0.717) is 31.6 Å². The van der Waals surface area contributed by atoms with Gasteiger partial charge in [-0.2, -0.15) is 0 Å². The first-order valence-electron chi connectivity index (χ1n) is 14.7. The van der Waals surface area contributed by atoms with Crippen molar-refractivity contribution >= 4 is 12.0 Å². The third-order valence-electron chi connectivity index (χ3n) is 8.83. The van der Waals surface area contributed by atoms with Gasteiger partial charge in [-0.3, -0.25) is 19.3 Å². The molecule has 1 unspecified atom stereocenters. The molecule has 0 spiro atoms. The molecule has 6 nitrogen and oxygen atoms in total. The fourth-order valence-corrected chi connectivity index (χ4v) is 6.80. The highest BCUT2D eigenvalue weighted by Gasteiger charge is 2.56. The van der Waals surface area contributed by atoms with Crippen molar-refractivity contribution in [1.29, 1.82) is 0 Å². The lowest BCUT2D eigenvalue weighted by Gasteiger charge is -2.49. The number of hydrogen-bond donors (Lipinski definition) is 0. The Labute approximate surface area is 248 Å². The van der Waals surface area contributed by atoms with E-state index in [1.54, 1.807) is 27.9 Å². The molecule has 218 valence electrons. The normalized spacial score (nSPS) is 18.2. The summed E-state index contributed by atoms with van der Waals surface area (Å²) in [5, 5.41) is 2.02. The van der Waals surface area contributed by atoms with Crippen LogP contribution in [-0.2, 0) is 18.4 Å². The molecule has 7 rings (SSSR count). The van der Waals surface area contributed by atoms with Gasteiger partial charge in [-0.1, -0.05) is 74.0 Å². The number of amides is 1. The maximum atomic E-state index is 15.4. The van der Waals surface area contributed by atoms with Crippen LogP contribution in [0.15, 0.2) is 89.4 Å². The van der Waals surface area contributed by atoms with E-state index in [0.717, 1.165) is 35.1 Å². The van der Waals surface area contributed by atoms with Gasteiger partial charge in [0.05, 0.1) is 6.61 Å². The van der Waals surface area contributed by atoms with E-state index in [4.69, 9.17) is 4.74 Å². The summed E-state index contributed by atoms with van der Waals surface area (Å²) < 4.78 is 37.7. The summed E-state index contributed by atoms with van der Waals surface area (Å²) in [4.78, 5) is 29.2. The molecule has 1 aliphatic heterocycles. The Kier molecular flexibility index (Phi) is 6.64. The molecule has 0 radical (unpaired) electrons. The lowest BCUT2D eigenvalue weighted by Crippen LogP contribution is -2.62. The molecule has 0 N–H and O–H groups in total. The van der Waals surface area contributed by atoms with Gasteiger partial charge in [0.2, 0.25) is 5.43 Å². The molecular weight excluding hydrogens is 548 g/mol. The number of halogens is 2. The van der Waals surface area contributed by atoms with Crippen molar-refractivity contribution in [2.24, 2.45) is 0 Å². The fourth-order valence-electron chi connectivity index (χ4n) is 6.80. The molecule has 0 fully saturated rings. The first kappa shape index (κ1) is 27.1. The second kappa shape index (κ2) is 10.5. The van der Waals surface area contributed by atoms with Crippen molar-refractivity contribution in [1.82, 2.24) is 9.58 Å². The SMILES string of the molecule is CCCCOc1c2n(ccc1=O)N(C13C(=Cc4c1ccc(F)c4F)Cc1ccccc13)CN(CCc1ccccc1)C2=O. The number of unbranched alkanes of at least 4 members (excludes halogenated alkanes) is 1. The summed E-state index contributed by atoms with van der Waals surface area (Å²) in [7, 11) is 0. The van der Waals surface area contributed by atoms with E-state index in [1.165, 1.54) is 12.1 Å². The van der Waals surface area contributed by atoms with Gasteiger partial charge in [-0.25, -0.2) is 8.78 Å². The van der Waals surface area contributed by atoms with Crippen LogP contribution in [-0.4, -0.2) is 35.3 Å². The number of ether oxygens (including phenoxy) is 1. The Balaban J connectivity index is 1.45. The monoisotopic (exact) mass is 579 g/mol. The molecule has 3 aliphatic rings. The minimum absolute atomic E-state index is 0.00656. The first-order chi connectivity index (χ1) is 20.9. The van der Waals surface area contributed by atoms with Crippen LogP contribution in [0.1, 0.15) is 58.1 Å². The predicted octanol–water partition coefficient (Wildman–Crippen LogP) is 5.80. The summed E-state index contributed by atoms with van der Waals surface area (Å²) in [5.74, 6) is -2.11. The Morgan fingerprint density at radius 3 is 2.53 bits per heavy atom. The van der Waals surface area contributed by atoms with Gasteiger partial charge in [0.1, 0.15) is 12.2 Å². The van der Waals surface area contributed by atoms with E-state index in [-0.39, 0.29) is 35.0 Å². The number of aromatic nitrogens is 1. The summed E-state index contributed by atoms with van der Waals surface area (Å²) in [6, 6.07) is 22.1. The first-order valence-corrected chi connectivity index (χ1v) is 14.7. The molecule has 1 atom stereocenters. The van der Waals surface area contributed by atoms with Crippen molar-refractivity contribution in [2.45, 2.75) is 38.1 Å². The topological polar surface area (TPSA) is 54.8 Å². The van der Waals surface area contributed by atoms with Gasteiger partial charge in [-0.15, -0.1) is 0 Å². The third-order valence-corrected chi connectivity index (χ3v) is 8.83. The van der Waals surface area contributed by atoms with Crippen molar-refractivity contribution < 1.29 is 18.3 Å². The number of nitrogens with zero attached hydrogens (tertiary/aromatic N) is 3. The molecule has 4 aromatic rings. The number of rotatable bonds is 8. The van der Waals surface area contributed by atoms with Gasteiger partial charge in [0.15, 0.2) is 23.1 Å². The largest absolute Gasteiger partial charge is 0.487 e. The van der Waals surface area contributed by atoms with E-state index in [9.17, 15) is 14.0 Å². The molecular formula is C35H31F2N3O3. The van der Waals surface area contributed by atoms with E-state index >= 15 is 4.39 Å². The summed E-state index contributed by atoms with van der Waals surface area (Å²) in [6.07, 6.45) is 6.09. The Morgan fingerprint density at radius 2 is 1.72 bits per heavy atom. The van der Waals surface area contributed by atoms with Crippen LogP contribution in [0.3, 0.4) is 0 Å². The summed E-state index contributed by atoms with van der Waals surface area (Å²) in [5.41, 5.74) is 3.49. The van der Waals surface area contributed by atoms with Crippen molar-refractivity contribution in [3.8, 4) is 5.75 Å². The second-order valence-electron chi connectivity index (χ2n) is 11.3. The number of benzene rings is 3. The number of hydrogen-bond acceptors (Lipinski definition) is 4. The number of carbonyl (C=O) groups excluding carboxylic acids is 1. The standard InChI is InChI=1S/C35H31F2N3O3/c1-2-3-19-43-33-30(41)16-18-39-32(33)34(42)38(17-15-23-9-5-4-6-10-23)22-40(39)35-25(20-24-11-7-8-12-27(24)35)21-26-28(35)13-14-29(36)31(26)37/h4-14,16,18,21H,2-3,15,17,19-20,22H2,1H3. The molecule has 3 aromatic carbocycles. The predicted molar refractivity (Wildman–Crippen MR) is 161 cm³/mol. The average molecular weight is 580 g/mol. The number of carbonyl (C=O) groups is 1. The molecule has 2 aliphatic carbocycles. The maximum absolute atomic E-state index is 15.4. The number of fused-ring (bicyclic) bond motifs is 6. The minimum atomic E-state index is -1.03. The zero-order valence-electron chi connectivity index (χ0n) is 23.9. The molecule has 0 saturated carbocycles. The second-order valence-corrected chi connectivity index (χ2v) is 11.3. The van der Waals surface area contributed by atoms with Crippen LogP contribution >= 0.6 is 0 Å². The zero-order chi connectivity index (χ0) is 29.7. The molecule has 1 amide bonds. The van der Waals surface area contributed by atoms with E-state index in [2.05, 4.69) is 0 Å². The molecule has 2 heterocycles. The van der Waals surface area contributed by atoms with Crippen LogP contribution < -0.4 is 15.2 Å². The molecule has 0 saturated heterocycles. The van der Waals surface area contributed by atoms with Crippen LogP contribution in [0.2, 0.25) is 0 Å². The smallest absolute Gasteiger partial charge is 0.277 e. The van der Waals surface area contributed by atoms with Crippen molar-refractivity contribution in [3.05, 3.63) is 140 Å². The highest BCUT2D eigenvalue weighted by Crippen LogP contribution is 2.56. The van der Waals surface area contributed by atoms with Crippen LogP contribution in [0.25, 0.3) is 6.08 Å². The fraction of sp³-hybridized carbons (Fsp3) is 0.257. The highest BCUT2D eigenvalue weighted by molar-refractivity contribution is 5.96. The average Bonchev–Trinajstić information content (AvgIpc) is 3.52. The number of pyridine rings is 1. The summed E-state index contributed by atoms with van der Waals surface area (Å²) in [6.45, 7) is 2.86. The highest BCUT2D eigenvalue weighted by atomic mass is 19.2.